The highest BCUT2D eigenvalue weighted by Crippen LogP contribution is 2.25. The lowest BCUT2D eigenvalue weighted by Gasteiger charge is -2.27. The SMILES string of the molecule is CC(Cc1cccs1)N(C)c1cc(-c2ccccc2)nc2ncnn12. The summed E-state index contributed by atoms with van der Waals surface area (Å²) in [7, 11) is 2.10. The maximum absolute atomic E-state index is 4.65. The molecule has 0 saturated heterocycles. The number of aromatic nitrogens is 4. The summed E-state index contributed by atoms with van der Waals surface area (Å²) in [6, 6.07) is 16.9. The van der Waals surface area contributed by atoms with Gasteiger partial charge in [-0.1, -0.05) is 36.4 Å². The van der Waals surface area contributed by atoms with Crippen LogP contribution < -0.4 is 4.90 Å². The molecule has 0 spiro atoms. The fourth-order valence-electron chi connectivity index (χ4n) is 2.89. The molecule has 4 rings (SSSR count). The minimum Gasteiger partial charge on any atom is -0.356 e. The highest BCUT2D eigenvalue weighted by molar-refractivity contribution is 7.09. The molecule has 0 radical (unpaired) electrons. The molecule has 0 amide bonds. The molecule has 0 saturated carbocycles. The molecule has 0 bridgehead atoms. The van der Waals surface area contributed by atoms with Gasteiger partial charge in [0, 0.05) is 36.0 Å². The first-order valence-corrected chi connectivity index (χ1v) is 9.12. The Hall–Kier alpha value is -2.73. The van der Waals surface area contributed by atoms with E-state index in [1.54, 1.807) is 22.2 Å². The number of anilines is 1. The van der Waals surface area contributed by atoms with Gasteiger partial charge in [-0.2, -0.15) is 14.6 Å². The summed E-state index contributed by atoms with van der Waals surface area (Å²) in [5.41, 5.74) is 1.99. The fourth-order valence-corrected chi connectivity index (χ4v) is 3.71. The van der Waals surface area contributed by atoms with Crippen LogP contribution >= 0.6 is 11.3 Å². The number of benzene rings is 1. The lowest BCUT2D eigenvalue weighted by Crippen LogP contribution is -2.32. The monoisotopic (exact) mass is 349 g/mol. The fraction of sp³-hybridized carbons (Fsp3) is 0.211. The van der Waals surface area contributed by atoms with E-state index in [4.69, 9.17) is 0 Å². The molecule has 1 aromatic carbocycles. The Morgan fingerprint density at radius 3 is 2.76 bits per heavy atom. The average Bonchev–Trinajstić information content (AvgIpc) is 3.32. The summed E-state index contributed by atoms with van der Waals surface area (Å²) in [6.45, 7) is 2.23. The zero-order valence-electron chi connectivity index (χ0n) is 14.2. The predicted octanol–water partition coefficient (Wildman–Crippen LogP) is 3.92. The van der Waals surface area contributed by atoms with Crippen molar-refractivity contribution in [2.24, 2.45) is 0 Å². The van der Waals surface area contributed by atoms with Gasteiger partial charge in [-0.3, -0.25) is 0 Å². The smallest absolute Gasteiger partial charge is 0.254 e. The van der Waals surface area contributed by atoms with Crippen molar-refractivity contribution in [3.8, 4) is 11.3 Å². The minimum atomic E-state index is 0.331. The molecule has 25 heavy (non-hydrogen) atoms. The van der Waals surface area contributed by atoms with Crippen molar-refractivity contribution in [3.05, 3.63) is 65.1 Å². The van der Waals surface area contributed by atoms with Crippen molar-refractivity contribution >= 4 is 22.9 Å². The second-order valence-corrected chi connectivity index (χ2v) is 7.11. The molecule has 3 aromatic heterocycles. The zero-order valence-corrected chi connectivity index (χ0v) is 15.0. The highest BCUT2D eigenvalue weighted by atomic mass is 32.1. The average molecular weight is 349 g/mol. The van der Waals surface area contributed by atoms with Crippen molar-refractivity contribution in [1.29, 1.82) is 0 Å². The first-order valence-electron chi connectivity index (χ1n) is 8.24. The molecule has 126 valence electrons. The van der Waals surface area contributed by atoms with Crippen LogP contribution in [0.3, 0.4) is 0 Å². The van der Waals surface area contributed by atoms with Crippen LogP contribution in [0.4, 0.5) is 5.82 Å². The minimum absolute atomic E-state index is 0.331. The molecule has 5 nitrogen and oxygen atoms in total. The molecule has 3 heterocycles. The lowest BCUT2D eigenvalue weighted by molar-refractivity contribution is 0.668. The van der Waals surface area contributed by atoms with Crippen LogP contribution in [-0.2, 0) is 6.42 Å². The molecule has 0 fully saturated rings. The van der Waals surface area contributed by atoms with Crippen LogP contribution in [0.15, 0.2) is 60.2 Å². The van der Waals surface area contributed by atoms with Gasteiger partial charge in [0.1, 0.15) is 12.1 Å². The molecule has 6 heteroatoms. The molecule has 1 atom stereocenters. The summed E-state index contributed by atoms with van der Waals surface area (Å²) < 4.78 is 1.80. The quantitative estimate of drug-likeness (QED) is 0.548. The standard InChI is InChI=1S/C19H19N5S/c1-14(11-16-9-6-10-25-16)23(2)18-12-17(15-7-4-3-5-8-15)22-19-20-13-21-24(18)19/h3-10,12-14H,11H2,1-2H3. The second-order valence-electron chi connectivity index (χ2n) is 6.08. The Bertz CT molecular complexity index is 962. The summed E-state index contributed by atoms with van der Waals surface area (Å²) in [4.78, 5) is 12.6. The molecular formula is C19H19N5S. The summed E-state index contributed by atoms with van der Waals surface area (Å²) in [5.74, 6) is 1.61. The van der Waals surface area contributed by atoms with Crippen LogP contribution in [-0.4, -0.2) is 32.7 Å². The van der Waals surface area contributed by atoms with Gasteiger partial charge in [0.05, 0.1) is 5.69 Å². The van der Waals surface area contributed by atoms with Crippen LogP contribution in [0, 0.1) is 0 Å². The van der Waals surface area contributed by atoms with Crippen molar-refractivity contribution < 1.29 is 0 Å². The van der Waals surface area contributed by atoms with Gasteiger partial charge >= 0.3 is 0 Å². The summed E-state index contributed by atoms with van der Waals surface area (Å²) >= 11 is 1.80. The molecule has 0 aliphatic carbocycles. The third kappa shape index (κ3) is 3.13. The van der Waals surface area contributed by atoms with Crippen molar-refractivity contribution in [2.45, 2.75) is 19.4 Å². The summed E-state index contributed by atoms with van der Waals surface area (Å²) in [6.07, 6.45) is 2.55. The van der Waals surface area contributed by atoms with Gasteiger partial charge < -0.3 is 4.90 Å². The Balaban J connectivity index is 1.73. The van der Waals surface area contributed by atoms with Gasteiger partial charge in [-0.25, -0.2) is 4.98 Å². The van der Waals surface area contributed by atoms with Crippen LogP contribution in [0.5, 0.6) is 0 Å². The van der Waals surface area contributed by atoms with E-state index in [9.17, 15) is 0 Å². The number of fused-ring (bicyclic) bond motifs is 1. The third-order valence-corrected chi connectivity index (χ3v) is 5.30. The van der Waals surface area contributed by atoms with Crippen LogP contribution in [0.25, 0.3) is 17.0 Å². The van der Waals surface area contributed by atoms with Crippen LogP contribution in [0.2, 0.25) is 0 Å². The predicted molar refractivity (Wildman–Crippen MR) is 102 cm³/mol. The summed E-state index contributed by atoms with van der Waals surface area (Å²) in [5, 5.41) is 6.48. The number of hydrogen-bond donors (Lipinski definition) is 0. The highest BCUT2D eigenvalue weighted by Gasteiger charge is 2.17. The van der Waals surface area contributed by atoms with E-state index >= 15 is 0 Å². The van der Waals surface area contributed by atoms with E-state index in [0.29, 0.717) is 11.8 Å². The second kappa shape index (κ2) is 6.64. The number of thiophene rings is 1. The molecule has 0 aliphatic heterocycles. The number of hydrogen-bond acceptors (Lipinski definition) is 5. The molecule has 4 aromatic rings. The van der Waals surface area contributed by atoms with Gasteiger partial charge in [0.15, 0.2) is 0 Å². The van der Waals surface area contributed by atoms with E-state index in [1.807, 2.05) is 18.2 Å². The van der Waals surface area contributed by atoms with E-state index in [0.717, 1.165) is 23.5 Å². The molecule has 0 aliphatic rings. The third-order valence-electron chi connectivity index (χ3n) is 4.40. The van der Waals surface area contributed by atoms with Crippen molar-refractivity contribution in [3.63, 3.8) is 0 Å². The lowest BCUT2D eigenvalue weighted by atomic mass is 10.1. The molecular weight excluding hydrogens is 330 g/mol. The van der Waals surface area contributed by atoms with Gasteiger partial charge in [0.2, 0.25) is 0 Å². The Morgan fingerprint density at radius 1 is 1.16 bits per heavy atom. The Labute approximate surface area is 150 Å². The Morgan fingerprint density at radius 2 is 2.00 bits per heavy atom. The first kappa shape index (κ1) is 15.8. The maximum atomic E-state index is 4.65. The molecule has 0 N–H and O–H groups in total. The number of nitrogens with zero attached hydrogens (tertiary/aromatic N) is 5. The van der Waals surface area contributed by atoms with Crippen molar-refractivity contribution in [2.75, 3.05) is 11.9 Å². The van der Waals surface area contributed by atoms with E-state index in [1.165, 1.54) is 4.88 Å². The number of likely N-dealkylation sites (N-methyl/N-ethyl adjacent to an activating group) is 1. The van der Waals surface area contributed by atoms with Gasteiger partial charge in [-0.15, -0.1) is 11.3 Å². The Kier molecular flexibility index (Phi) is 4.19. The number of rotatable bonds is 5. The molecule has 1 unspecified atom stereocenters. The van der Waals surface area contributed by atoms with Gasteiger partial charge in [0.25, 0.3) is 5.78 Å². The normalized spacial score (nSPS) is 12.4. The first-order chi connectivity index (χ1) is 12.2. The maximum Gasteiger partial charge on any atom is 0.254 e. The largest absolute Gasteiger partial charge is 0.356 e. The van der Waals surface area contributed by atoms with E-state index in [2.05, 4.69) is 69.6 Å². The van der Waals surface area contributed by atoms with E-state index < -0.39 is 0 Å². The van der Waals surface area contributed by atoms with Gasteiger partial charge in [-0.05, 0) is 18.4 Å². The van der Waals surface area contributed by atoms with Crippen LogP contribution in [0.1, 0.15) is 11.8 Å². The zero-order chi connectivity index (χ0) is 17.2. The topological polar surface area (TPSA) is 46.3 Å². The van der Waals surface area contributed by atoms with Crippen molar-refractivity contribution in [1.82, 2.24) is 19.6 Å². The van der Waals surface area contributed by atoms with E-state index in [-0.39, 0.29) is 0 Å².